The van der Waals surface area contributed by atoms with Gasteiger partial charge in [0.2, 0.25) is 0 Å². The first-order chi connectivity index (χ1) is 8.50. The monoisotopic (exact) mass is 326 g/mol. The van der Waals surface area contributed by atoms with E-state index < -0.39 is 0 Å². The molecule has 0 saturated heterocycles. The van der Waals surface area contributed by atoms with Crippen molar-refractivity contribution in [1.82, 2.24) is 0 Å². The van der Waals surface area contributed by atoms with E-state index in [0.29, 0.717) is 0 Å². The maximum Gasteiger partial charge on any atom is 4.00 e. The van der Waals surface area contributed by atoms with Gasteiger partial charge >= 0.3 is 21.7 Å². The maximum atomic E-state index is 3.77. The van der Waals surface area contributed by atoms with Crippen LogP contribution in [0.15, 0.2) is 18.2 Å². The Morgan fingerprint density at radius 2 is 0.952 bits per heavy atom. The summed E-state index contributed by atoms with van der Waals surface area (Å²) in [6.07, 6.45) is 10.0. The quantitative estimate of drug-likeness (QED) is 0.335. The number of rotatable bonds is 0. The van der Waals surface area contributed by atoms with Gasteiger partial charge in [-0.3, -0.25) is 6.08 Å². The average molecular weight is 326 g/mol. The first-order valence-corrected chi connectivity index (χ1v) is 7.28. The minimum atomic E-state index is 0. The number of hydrogen-bond acceptors (Lipinski definition) is 0. The first kappa shape index (κ1) is 29.2. The van der Waals surface area contributed by atoms with E-state index >= 15 is 0 Å². The van der Waals surface area contributed by atoms with E-state index in [1.807, 2.05) is 12.2 Å². The Kier molecular flexibility index (Phi) is 19.3. The second kappa shape index (κ2) is 13.8. The summed E-state index contributed by atoms with van der Waals surface area (Å²) in [6, 6.07) is 0. The number of allylic oxidation sites excluding steroid dienone is 4. The van der Waals surface area contributed by atoms with Crippen LogP contribution in [-0.2, 0) is 21.7 Å². The van der Waals surface area contributed by atoms with E-state index in [-0.39, 0.29) is 38.0 Å². The molecule has 0 heterocycles. The zero-order valence-corrected chi connectivity index (χ0v) is 17.6. The standard InChI is InChI=1S/C5H5.3C5H11.Ti/c1-2-4-5-3-1;3*1-5(2,3)4;/h1-3H,4H2;3*1H2,2-4H3;/q4*-1;+4. The Balaban J connectivity index is -0.0000000903. The van der Waals surface area contributed by atoms with Crippen LogP contribution in [0.5, 0.6) is 0 Å². The van der Waals surface area contributed by atoms with Crippen LogP contribution >= 0.6 is 0 Å². The van der Waals surface area contributed by atoms with Crippen molar-refractivity contribution >= 4 is 0 Å². The second-order valence-corrected chi connectivity index (χ2v) is 8.69. The average Bonchev–Trinajstić information content (AvgIpc) is 2.45. The molecule has 1 aliphatic carbocycles. The van der Waals surface area contributed by atoms with E-state index in [0.717, 1.165) is 6.42 Å². The van der Waals surface area contributed by atoms with E-state index in [1.54, 1.807) is 0 Å². The molecule has 0 radical (unpaired) electrons. The molecule has 0 fully saturated rings. The molecule has 0 saturated carbocycles. The summed E-state index contributed by atoms with van der Waals surface area (Å²) < 4.78 is 0. The summed E-state index contributed by atoms with van der Waals surface area (Å²) >= 11 is 0. The zero-order valence-electron chi connectivity index (χ0n) is 16.1. The molecule has 0 nitrogen and oxygen atoms in total. The van der Waals surface area contributed by atoms with Crippen molar-refractivity contribution in [3.63, 3.8) is 0 Å². The summed E-state index contributed by atoms with van der Waals surface area (Å²) in [6.45, 7) is 30.0. The molecule has 0 unspecified atom stereocenters. The topological polar surface area (TPSA) is 0 Å². The van der Waals surface area contributed by atoms with Crippen molar-refractivity contribution in [2.75, 3.05) is 0 Å². The van der Waals surface area contributed by atoms with Gasteiger partial charge in [-0.1, -0.05) is 62.3 Å². The summed E-state index contributed by atoms with van der Waals surface area (Å²) in [4.78, 5) is 0. The fourth-order valence-electron chi connectivity index (χ4n) is 0.340. The van der Waals surface area contributed by atoms with Gasteiger partial charge in [-0.15, -0.1) is 6.42 Å². The Labute approximate surface area is 151 Å². The van der Waals surface area contributed by atoms with Crippen molar-refractivity contribution < 1.29 is 21.7 Å². The van der Waals surface area contributed by atoms with E-state index in [4.69, 9.17) is 0 Å². The summed E-state index contributed by atoms with van der Waals surface area (Å²) in [5, 5.41) is 0. The molecule has 0 N–H and O–H groups in total. The molecule has 0 aromatic rings. The second-order valence-electron chi connectivity index (χ2n) is 8.69. The fourth-order valence-corrected chi connectivity index (χ4v) is 0.340. The van der Waals surface area contributed by atoms with Crippen LogP contribution in [-0.4, -0.2) is 0 Å². The van der Waals surface area contributed by atoms with Gasteiger partial charge in [0.15, 0.2) is 0 Å². The van der Waals surface area contributed by atoms with Crippen molar-refractivity contribution in [3.05, 3.63) is 45.1 Å². The Hall–Kier alpha value is 0.194. The third kappa shape index (κ3) is 248. The Bertz CT molecular complexity index is 195. The van der Waals surface area contributed by atoms with Gasteiger partial charge in [-0.05, 0) is 0 Å². The van der Waals surface area contributed by atoms with Crippen LogP contribution < -0.4 is 0 Å². The normalized spacial score (nSPS) is 12.8. The van der Waals surface area contributed by atoms with Gasteiger partial charge in [0.1, 0.15) is 0 Å². The zero-order chi connectivity index (χ0) is 17.0. The molecule has 0 bridgehead atoms. The molecule has 1 rings (SSSR count). The molecular weight excluding hydrogens is 288 g/mol. The minimum Gasteiger partial charge on any atom is -0.338 e. The predicted octanol–water partition coefficient (Wildman–Crippen LogP) is 6.90. The van der Waals surface area contributed by atoms with Crippen LogP contribution in [0.25, 0.3) is 0 Å². The van der Waals surface area contributed by atoms with Crippen molar-refractivity contribution in [1.29, 1.82) is 0 Å². The summed E-state index contributed by atoms with van der Waals surface area (Å²) in [5.74, 6) is 0. The predicted molar refractivity (Wildman–Crippen MR) is 96.0 cm³/mol. The molecule has 0 aromatic carbocycles. The third-order valence-electron chi connectivity index (χ3n) is 0.586. The maximum absolute atomic E-state index is 3.77. The van der Waals surface area contributed by atoms with Crippen LogP contribution in [0.1, 0.15) is 68.7 Å². The van der Waals surface area contributed by atoms with Crippen molar-refractivity contribution in [3.8, 4) is 0 Å². The van der Waals surface area contributed by atoms with E-state index in [9.17, 15) is 0 Å². The fraction of sp³-hybridized carbons (Fsp3) is 0.650. The van der Waals surface area contributed by atoms with Crippen LogP contribution in [0.2, 0.25) is 0 Å². The van der Waals surface area contributed by atoms with Crippen molar-refractivity contribution in [2.45, 2.75) is 68.7 Å². The third-order valence-corrected chi connectivity index (χ3v) is 0.586. The van der Waals surface area contributed by atoms with Crippen LogP contribution in [0.4, 0.5) is 0 Å². The van der Waals surface area contributed by atoms with Gasteiger partial charge in [0.05, 0.1) is 0 Å². The molecule has 0 aliphatic heterocycles. The van der Waals surface area contributed by atoms with Gasteiger partial charge in [-0.25, -0.2) is 12.2 Å². The smallest absolute Gasteiger partial charge is 0.338 e. The molecule has 122 valence electrons. The molecule has 0 aromatic heterocycles. The molecular formula is C20H38Ti. The van der Waals surface area contributed by atoms with Crippen LogP contribution in [0.3, 0.4) is 0 Å². The summed E-state index contributed by atoms with van der Waals surface area (Å²) in [5.41, 5.74) is 0.750. The number of hydrogen-bond donors (Lipinski definition) is 0. The largest absolute Gasteiger partial charge is 4.00 e. The van der Waals surface area contributed by atoms with Gasteiger partial charge in [-0.2, -0.15) is 22.3 Å². The van der Waals surface area contributed by atoms with Gasteiger partial charge in [0, 0.05) is 0 Å². The molecule has 21 heavy (non-hydrogen) atoms. The SMILES string of the molecule is [C-]1=CC=CC1.[CH2-]C(C)(C)C.[CH2-]C(C)(C)C.[CH2-]C(C)(C)C.[Ti+4]. The minimum absolute atomic E-state index is 0. The van der Waals surface area contributed by atoms with E-state index in [2.05, 4.69) is 95.2 Å². The van der Waals surface area contributed by atoms with Gasteiger partial charge < -0.3 is 20.8 Å². The van der Waals surface area contributed by atoms with Gasteiger partial charge in [0.25, 0.3) is 0 Å². The Morgan fingerprint density at radius 1 is 0.714 bits per heavy atom. The molecule has 1 heteroatoms. The first-order valence-electron chi connectivity index (χ1n) is 7.28. The van der Waals surface area contributed by atoms with Crippen LogP contribution in [0, 0.1) is 43.1 Å². The van der Waals surface area contributed by atoms with Crippen molar-refractivity contribution in [2.24, 2.45) is 16.2 Å². The van der Waals surface area contributed by atoms with E-state index in [1.165, 1.54) is 0 Å². The molecule has 0 spiro atoms. The Morgan fingerprint density at radius 3 is 1.00 bits per heavy atom. The summed E-state index contributed by atoms with van der Waals surface area (Å²) in [7, 11) is 0. The molecule has 1 aliphatic rings. The molecule has 0 atom stereocenters. The molecule has 0 amide bonds.